The SMILES string of the molecule is CCn1nccc1C#CCCCl. The minimum absolute atomic E-state index is 0.591. The molecule has 0 aromatic carbocycles. The van der Waals surface area contributed by atoms with Gasteiger partial charge in [-0.05, 0) is 18.9 Å². The number of hydrogen-bond acceptors (Lipinski definition) is 1. The molecule has 0 N–H and O–H groups in total. The van der Waals surface area contributed by atoms with Gasteiger partial charge in [-0.25, -0.2) is 0 Å². The molecule has 64 valence electrons. The largest absolute Gasteiger partial charge is 0.257 e. The van der Waals surface area contributed by atoms with Crippen LogP contribution in [0.5, 0.6) is 0 Å². The molecule has 1 rings (SSSR count). The normalized spacial score (nSPS) is 9.17. The minimum atomic E-state index is 0.591. The van der Waals surface area contributed by atoms with Crippen LogP contribution in [-0.2, 0) is 6.54 Å². The number of nitrogens with zero attached hydrogens (tertiary/aromatic N) is 2. The van der Waals surface area contributed by atoms with E-state index in [4.69, 9.17) is 11.6 Å². The molecular weight excluding hydrogens is 172 g/mol. The third kappa shape index (κ3) is 2.28. The van der Waals surface area contributed by atoms with Crippen LogP contribution < -0.4 is 0 Å². The van der Waals surface area contributed by atoms with Crippen molar-refractivity contribution in [1.29, 1.82) is 0 Å². The Morgan fingerprint density at radius 3 is 3.17 bits per heavy atom. The Morgan fingerprint density at radius 2 is 2.50 bits per heavy atom. The molecule has 0 aliphatic carbocycles. The van der Waals surface area contributed by atoms with Crippen molar-refractivity contribution in [3.63, 3.8) is 0 Å². The van der Waals surface area contributed by atoms with Crippen LogP contribution in [0.25, 0.3) is 0 Å². The van der Waals surface area contributed by atoms with Crippen molar-refractivity contribution in [2.75, 3.05) is 5.88 Å². The summed E-state index contributed by atoms with van der Waals surface area (Å²) in [6.07, 6.45) is 2.49. The van der Waals surface area contributed by atoms with Gasteiger partial charge in [0.15, 0.2) is 0 Å². The van der Waals surface area contributed by atoms with Gasteiger partial charge in [-0.15, -0.1) is 11.6 Å². The molecule has 0 fully saturated rings. The van der Waals surface area contributed by atoms with Crippen LogP contribution in [0.2, 0.25) is 0 Å². The van der Waals surface area contributed by atoms with Crippen molar-refractivity contribution in [2.24, 2.45) is 0 Å². The van der Waals surface area contributed by atoms with Gasteiger partial charge in [0.25, 0.3) is 0 Å². The molecule has 0 saturated heterocycles. The van der Waals surface area contributed by atoms with Crippen LogP contribution in [0.1, 0.15) is 19.0 Å². The van der Waals surface area contributed by atoms with Gasteiger partial charge in [0, 0.05) is 18.8 Å². The first-order valence-corrected chi connectivity index (χ1v) is 4.48. The Balaban J connectivity index is 2.69. The molecule has 2 nitrogen and oxygen atoms in total. The fourth-order valence-corrected chi connectivity index (χ4v) is 0.986. The Bertz CT molecular complexity index is 293. The molecule has 1 aromatic rings. The average molecular weight is 183 g/mol. The third-order valence-electron chi connectivity index (χ3n) is 1.45. The average Bonchev–Trinajstić information content (AvgIpc) is 2.52. The molecule has 0 radical (unpaired) electrons. The van der Waals surface area contributed by atoms with Crippen LogP contribution in [-0.4, -0.2) is 15.7 Å². The van der Waals surface area contributed by atoms with Crippen LogP contribution >= 0.6 is 11.6 Å². The predicted octanol–water partition coefficient (Wildman–Crippen LogP) is 1.88. The molecule has 0 spiro atoms. The summed E-state index contributed by atoms with van der Waals surface area (Å²) in [5.41, 5.74) is 0.961. The molecule has 12 heavy (non-hydrogen) atoms. The van der Waals surface area contributed by atoms with E-state index in [0.29, 0.717) is 5.88 Å². The molecule has 0 saturated carbocycles. The van der Waals surface area contributed by atoms with Crippen molar-refractivity contribution >= 4 is 11.6 Å². The predicted molar refractivity (Wildman–Crippen MR) is 50.1 cm³/mol. The fourth-order valence-electron chi connectivity index (χ4n) is 0.891. The number of alkyl halides is 1. The maximum atomic E-state index is 5.49. The highest BCUT2D eigenvalue weighted by molar-refractivity contribution is 6.18. The quantitative estimate of drug-likeness (QED) is 0.505. The maximum Gasteiger partial charge on any atom is 0.111 e. The number of aryl methyl sites for hydroxylation is 1. The first-order chi connectivity index (χ1) is 5.88. The van der Waals surface area contributed by atoms with Gasteiger partial charge >= 0.3 is 0 Å². The van der Waals surface area contributed by atoms with Gasteiger partial charge in [-0.1, -0.05) is 5.92 Å². The first kappa shape index (κ1) is 9.15. The van der Waals surface area contributed by atoms with Gasteiger partial charge in [0.1, 0.15) is 5.69 Å². The second-order valence-electron chi connectivity index (χ2n) is 2.27. The molecule has 1 heterocycles. The molecule has 0 bridgehead atoms. The van der Waals surface area contributed by atoms with Crippen molar-refractivity contribution in [1.82, 2.24) is 9.78 Å². The molecule has 1 aromatic heterocycles. The fraction of sp³-hybridized carbons (Fsp3) is 0.444. The summed E-state index contributed by atoms with van der Waals surface area (Å²) < 4.78 is 1.86. The zero-order valence-electron chi connectivity index (χ0n) is 7.05. The number of aromatic nitrogens is 2. The van der Waals surface area contributed by atoms with E-state index in [0.717, 1.165) is 18.7 Å². The van der Waals surface area contributed by atoms with E-state index in [1.54, 1.807) is 6.20 Å². The lowest BCUT2D eigenvalue weighted by Crippen LogP contribution is -1.98. The summed E-state index contributed by atoms with van der Waals surface area (Å²) in [4.78, 5) is 0. The minimum Gasteiger partial charge on any atom is -0.257 e. The van der Waals surface area contributed by atoms with E-state index < -0.39 is 0 Å². The third-order valence-corrected chi connectivity index (χ3v) is 1.64. The molecule has 0 aliphatic heterocycles. The van der Waals surface area contributed by atoms with Crippen LogP contribution in [0.15, 0.2) is 12.3 Å². The van der Waals surface area contributed by atoms with Crippen molar-refractivity contribution in [2.45, 2.75) is 19.9 Å². The summed E-state index contributed by atoms with van der Waals surface area (Å²) in [6, 6.07) is 1.91. The van der Waals surface area contributed by atoms with Crippen molar-refractivity contribution in [3.8, 4) is 11.8 Å². The number of hydrogen-bond donors (Lipinski definition) is 0. The molecule has 0 unspecified atom stereocenters. The maximum absolute atomic E-state index is 5.49. The number of rotatable bonds is 2. The van der Waals surface area contributed by atoms with E-state index in [2.05, 4.69) is 16.9 Å². The van der Waals surface area contributed by atoms with Crippen LogP contribution in [0.4, 0.5) is 0 Å². The smallest absolute Gasteiger partial charge is 0.111 e. The van der Waals surface area contributed by atoms with Gasteiger partial charge in [-0.3, -0.25) is 4.68 Å². The second kappa shape index (κ2) is 4.84. The Labute approximate surface area is 77.5 Å². The number of halogens is 1. The summed E-state index contributed by atoms with van der Waals surface area (Å²) in [6.45, 7) is 2.90. The standard InChI is InChI=1S/C9H11ClN2/c1-2-12-9(6-8-11-12)5-3-4-7-10/h6,8H,2,4,7H2,1H3. The van der Waals surface area contributed by atoms with Gasteiger partial charge in [0.2, 0.25) is 0 Å². The van der Waals surface area contributed by atoms with Crippen LogP contribution in [0.3, 0.4) is 0 Å². The molecule has 3 heteroatoms. The lowest BCUT2D eigenvalue weighted by molar-refractivity contribution is 0.652. The van der Waals surface area contributed by atoms with Gasteiger partial charge < -0.3 is 0 Å². The van der Waals surface area contributed by atoms with Crippen molar-refractivity contribution < 1.29 is 0 Å². The highest BCUT2D eigenvalue weighted by Gasteiger charge is 1.93. The molecular formula is C9H11ClN2. The summed E-state index contributed by atoms with van der Waals surface area (Å²) in [5.74, 6) is 6.57. The van der Waals surface area contributed by atoms with E-state index in [9.17, 15) is 0 Å². The molecule has 0 aliphatic rings. The van der Waals surface area contributed by atoms with Crippen LogP contribution in [0, 0.1) is 11.8 Å². The highest BCUT2D eigenvalue weighted by Crippen LogP contribution is 1.95. The Kier molecular flexibility index (Phi) is 3.69. The lowest BCUT2D eigenvalue weighted by atomic mass is 10.4. The summed E-state index contributed by atoms with van der Waals surface area (Å²) >= 11 is 5.49. The lowest BCUT2D eigenvalue weighted by Gasteiger charge is -1.95. The zero-order chi connectivity index (χ0) is 8.81. The van der Waals surface area contributed by atoms with Gasteiger partial charge in [-0.2, -0.15) is 5.10 Å². The topological polar surface area (TPSA) is 17.8 Å². The summed E-state index contributed by atoms with van der Waals surface area (Å²) in [7, 11) is 0. The van der Waals surface area contributed by atoms with E-state index >= 15 is 0 Å². The monoisotopic (exact) mass is 182 g/mol. The first-order valence-electron chi connectivity index (χ1n) is 3.95. The second-order valence-corrected chi connectivity index (χ2v) is 2.65. The Morgan fingerprint density at radius 1 is 1.67 bits per heavy atom. The van der Waals surface area contributed by atoms with E-state index in [-0.39, 0.29) is 0 Å². The van der Waals surface area contributed by atoms with Crippen molar-refractivity contribution in [3.05, 3.63) is 18.0 Å². The zero-order valence-corrected chi connectivity index (χ0v) is 7.80. The van der Waals surface area contributed by atoms with E-state index in [1.165, 1.54) is 0 Å². The van der Waals surface area contributed by atoms with Gasteiger partial charge in [0.05, 0.1) is 6.20 Å². The molecule has 0 amide bonds. The molecule has 0 atom stereocenters. The van der Waals surface area contributed by atoms with E-state index in [1.807, 2.05) is 17.7 Å². The highest BCUT2D eigenvalue weighted by atomic mass is 35.5. The summed E-state index contributed by atoms with van der Waals surface area (Å²) in [5, 5.41) is 4.09. The Hall–Kier alpha value is -0.940.